The Labute approximate surface area is 235 Å². The molecule has 204 valence electrons. The average molecular weight is 616 g/mol. The summed E-state index contributed by atoms with van der Waals surface area (Å²) in [6.45, 7) is 3.04. The first-order valence-corrected chi connectivity index (χ1v) is 13.9. The van der Waals surface area contributed by atoms with Crippen molar-refractivity contribution in [3.63, 3.8) is 0 Å². The number of carbonyl (C=O) groups is 1. The summed E-state index contributed by atoms with van der Waals surface area (Å²) >= 11 is 4.81. The molecule has 0 unspecified atom stereocenters. The first kappa shape index (κ1) is 27.3. The second-order valence-electron chi connectivity index (χ2n) is 9.08. The van der Waals surface area contributed by atoms with Crippen molar-refractivity contribution in [2.75, 3.05) is 20.3 Å². The fraction of sp³-hybridized carbons (Fsp3) is 0.333. The number of carboxylic acid groups (broad SMARTS) is 1. The number of methoxy groups -OCH3 is 1. The number of pyridine rings is 1. The largest absolute Gasteiger partial charge is 0.496 e. The maximum Gasteiger partial charge on any atom is 0.354 e. The van der Waals surface area contributed by atoms with E-state index in [2.05, 4.69) is 20.9 Å². The molecule has 39 heavy (non-hydrogen) atoms. The van der Waals surface area contributed by atoms with Crippen LogP contribution in [0, 0.1) is 6.92 Å². The number of hydrogen-bond acceptors (Lipinski definition) is 8. The molecule has 1 fully saturated rings. The van der Waals surface area contributed by atoms with Crippen molar-refractivity contribution in [1.29, 1.82) is 0 Å². The highest BCUT2D eigenvalue weighted by Gasteiger charge is 2.28. The second-order valence-corrected chi connectivity index (χ2v) is 11.4. The van der Waals surface area contributed by atoms with Crippen LogP contribution >= 0.6 is 27.3 Å². The van der Waals surface area contributed by atoms with E-state index in [1.54, 1.807) is 14.0 Å². The SMILES string of the molecule is COc1ccccc1[C@H](Cn1c(=O)n(-c2cccc(C(=O)O)n2)c(=O)c2c(C)c(Br)sc21)OC1CCOCC1. The molecule has 12 heteroatoms. The van der Waals surface area contributed by atoms with Crippen LogP contribution in [0.15, 0.2) is 55.8 Å². The molecule has 10 nitrogen and oxygen atoms in total. The lowest BCUT2D eigenvalue weighted by atomic mass is 10.1. The third kappa shape index (κ3) is 5.29. The van der Waals surface area contributed by atoms with Gasteiger partial charge in [-0.3, -0.25) is 9.36 Å². The van der Waals surface area contributed by atoms with Crippen LogP contribution in [0.4, 0.5) is 0 Å². The van der Waals surface area contributed by atoms with E-state index in [9.17, 15) is 19.5 Å². The number of fused-ring (bicyclic) bond motifs is 1. The molecule has 5 rings (SSSR count). The van der Waals surface area contributed by atoms with Gasteiger partial charge in [0.1, 0.15) is 22.5 Å². The summed E-state index contributed by atoms with van der Waals surface area (Å²) in [7, 11) is 1.58. The van der Waals surface area contributed by atoms with E-state index in [0.29, 0.717) is 51.4 Å². The maximum atomic E-state index is 14.0. The van der Waals surface area contributed by atoms with Crippen LogP contribution in [0.1, 0.15) is 40.6 Å². The van der Waals surface area contributed by atoms with Gasteiger partial charge in [0.15, 0.2) is 5.69 Å². The molecule has 1 N–H and O–H groups in total. The standard InChI is InChI=1S/C27H26BrN3O7S/c1-15-22-24(32)31(21-9-5-7-18(29-21)26(33)34)27(35)30(25(22)39-23(15)28)14-20(38-16-10-12-37-13-11-16)17-6-3-4-8-19(17)36-2/h3-9,16,20H,10-14H2,1-2H3,(H,33,34)/t20-/m0/s1. The van der Waals surface area contributed by atoms with Crippen molar-refractivity contribution >= 4 is 43.5 Å². The molecule has 1 aliphatic rings. The van der Waals surface area contributed by atoms with Crippen LogP contribution in [-0.4, -0.2) is 51.6 Å². The number of hydrogen-bond donors (Lipinski definition) is 1. The lowest BCUT2D eigenvalue weighted by molar-refractivity contribution is -0.0752. The summed E-state index contributed by atoms with van der Waals surface area (Å²) in [4.78, 5) is 43.8. The molecule has 4 aromatic rings. The predicted molar refractivity (Wildman–Crippen MR) is 150 cm³/mol. The van der Waals surface area contributed by atoms with E-state index < -0.39 is 23.3 Å². The normalized spacial score (nSPS) is 14.9. The first-order chi connectivity index (χ1) is 18.8. The second kappa shape index (κ2) is 11.4. The van der Waals surface area contributed by atoms with Crippen LogP contribution in [0.25, 0.3) is 16.0 Å². The Morgan fingerprint density at radius 2 is 1.95 bits per heavy atom. The molecule has 1 aromatic carbocycles. The molecular formula is C27H26BrN3O7S. The molecular weight excluding hydrogens is 590 g/mol. The molecule has 3 aromatic heterocycles. The molecule has 1 atom stereocenters. The highest BCUT2D eigenvalue weighted by molar-refractivity contribution is 9.11. The molecule has 4 heterocycles. The molecule has 0 amide bonds. The predicted octanol–water partition coefficient (Wildman–Crippen LogP) is 4.32. The van der Waals surface area contributed by atoms with Gasteiger partial charge in [-0.05, 0) is 59.5 Å². The third-order valence-electron chi connectivity index (χ3n) is 6.70. The number of aromatic nitrogens is 3. The quantitative estimate of drug-likeness (QED) is 0.311. The number of para-hydroxylation sites is 1. The van der Waals surface area contributed by atoms with Gasteiger partial charge in [0.25, 0.3) is 5.56 Å². The Morgan fingerprint density at radius 3 is 2.67 bits per heavy atom. The number of aromatic carboxylic acids is 1. The number of nitrogens with zero attached hydrogens (tertiary/aromatic N) is 3. The van der Waals surface area contributed by atoms with Gasteiger partial charge in [-0.1, -0.05) is 24.3 Å². The van der Waals surface area contributed by atoms with E-state index in [0.717, 1.165) is 10.1 Å². The van der Waals surface area contributed by atoms with E-state index in [-0.39, 0.29) is 24.2 Å². The number of halogens is 1. The topological polar surface area (TPSA) is 122 Å². The van der Waals surface area contributed by atoms with E-state index in [1.807, 2.05) is 24.3 Å². The molecule has 0 radical (unpaired) electrons. The minimum Gasteiger partial charge on any atom is -0.496 e. The van der Waals surface area contributed by atoms with Gasteiger partial charge in [-0.15, -0.1) is 11.3 Å². The number of benzene rings is 1. The fourth-order valence-electron chi connectivity index (χ4n) is 4.71. The van der Waals surface area contributed by atoms with E-state index in [1.165, 1.54) is 34.1 Å². The first-order valence-electron chi connectivity index (χ1n) is 12.3. The summed E-state index contributed by atoms with van der Waals surface area (Å²) in [6.07, 6.45) is 0.753. The van der Waals surface area contributed by atoms with E-state index in [4.69, 9.17) is 14.2 Å². The zero-order chi connectivity index (χ0) is 27.7. The van der Waals surface area contributed by atoms with Gasteiger partial charge < -0.3 is 19.3 Å². The average Bonchev–Trinajstić information content (AvgIpc) is 3.25. The van der Waals surface area contributed by atoms with Gasteiger partial charge in [0, 0.05) is 18.8 Å². The fourth-order valence-corrected chi connectivity index (χ4v) is 6.39. The van der Waals surface area contributed by atoms with Gasteiger partial charge in [0.05, 0.1) is 28.9 Å². The third-order valence-corrected chi connectivity index (χ3v) is 8.88. The molecule has 0 spiro atoms. The number of ether oxygens (including phenoxy) is 3. The zero-order valence-electron chi connectivity index (χ0n) is 21.3. The molecule has 1 saturated heterocycles. The number of carboxylic acids is 1. The Bertz CT molecular complexity index is 1660. The van der Waals surface area contributed by atoms with Crippen molar-refractivity contribution in [3.05, 3.63) is 83.9 Å². The summed E-state index contributed by atoms with van der Waals surface area (Å²) in [5.74, 6) is -0.713. The van der Waals surface area contributed by atoms with Crippen molar-refractivity contribution in [2.24, 2.45) is 0 Å². The van der Waals surface area contributed by atoms with Crippen LogP contribution in [0.2, 0.25) is 0 Å². The van der Waals surface area contributed by atoms with Crippen molar-refractivity contribution in [3.8, 4) is 11.6 Å². The Hall–Kier alpha value is -3.32. The molecule has 0 bridgehead atoms. The van der Waals surface area contributed by atoms with Gasteiger partial charge >= 0.3 is 11.7 Å². The molecule has 0 saturated carbocycles. The van der Waals surface area contributed by atoms with Crippen molar-refractivity contribution < 1.29 is 24.1 Å². The zero-order valence-corrected chi connectivity index (χ0v) is 23.7. The summed E-state index contributed by atoms with van der Waals surface area (Å²) in [5.41, 5.74) is -0.0474. The van der Waals surface area contributed by atoms with Crippen LogP contribution in [-0.2, 0) is 16.0 Å². The smallest absolute Gasteiger partial charge is 0.354 e. The Morgan fingerprint density at radius 1 is 1.21 bits per heavy atom. The van der Waals surface area contributed by atoms with Gasteiger partial charge in [-0.2, -0.15) is 0 Å². The lowest BCUT2D eigenvalue weighted by Gasteiger charge is -2.29. The monoisotopic (exact) mass is 615 g/mol. The summed E-state index contributed by atoms with van der Waals surface area (Å²) in [5, 5.41) is 9.79. The van der Waals surface area contributed by atoms with Crippen LogP contribution < -0.4 is 16.0 Å². The summed E-state index contributed by atoms with van der Waals surface area (Å²) in [6, 6.07) is 11.7. The summed E-state index contributed by atoms with van der Waals surface area (Å²) < 4.78 is 20.8. The Kier molecular flexibility index (Phi) is 7.98. The highest BCUT2D eigenvalue weighted by Crippen LogP contribution is 2.35. The minimum absolute atomic E-state index is 0.0681. The lowest BCUT2D eigenvalue weighted by Crippen LogP contribution is -2.40. The van der Waals surface area contributed by atoms with Crippen molar-refractivity contribution in [2.45, 2.75) is 38.5 Å². The maximum absolute atomic E-state index is 14.0. The number of thiophene rings is 1. The van der Waals surface area contributed by atoms with Gasteiger partial charge in [0.2, 0.25) is 0 Å². The van der Waals surface area contributed by atoms with Gasteiger partial charge in [-0.25, -0.2) is 19.1 Å². The highest BCUT2D eigenvalue weighted by atomic mass is 79.9. The van der Waals surface area contributed by atoms with Crippen LogP contribution in [0.3, 0.4) is 0 Å². The van der Waals surface area contributed by atoms with Crippen LogP contribution in [0.5, 0.6) is 5.75 Å². The van der Waals surface area contributed by atoms with Crippen molar-refractivity contribution in [1.82, 2.24) is 14.1 Å². The van der Waals surface area contributed by atoms with E-state index >= 15 is 0 Å². The molecule has 1 aliphatic heterocycles. The Balaban J connectivity index is 1.72. The number of rotatable bonds is 8. The minimum atomic E-state index is -1.26. The number of aryl methyl sites for hydroxylation is 1. The molecule has 0 aliphatic carbocycles.